The second-order valence-electron chi connectivity index (χ2n) is 6.68. The van der Waals surface area contributed by atoms with Gasteiger partial charge in [0, 0.05) is 12.0 Å². The molecule has 0 spiro atoms. The van der Waals surface area contributed by atoms with Gasteiger partial charge in [-0.1, -0.05) is 31.2 Å². The van der Waals surface area contributed by atoms with Crippen LogP contribution in [0, 0.1) is 5.92 Å². The highest BCUT2D eigenvalue weighted by Gasteiger charge is 2.54. The number of nitrogens with two attached hydrogens (primary N) is 1. The van der Waals surface area contributed by atoms with Crippen LogP contribution in [0.5, 0.6) is 0 Å². The average molecular weight is 259 g/mol. The van der Waals surface area contributed by atoms with Crippen LogP contribution in [-0.4, -0.2) is 17.3 Å². The van der Waals surface area contributed by atoms with E-state index in [-0.39, 0.29) is 5.41 Å². The van der Waals surface area contributed by atoms with Crippen molar-refractivity contribution < 1.29 is 5.11 Å². The zero-order valence-corrected chi connectivity index (χ0v) is 11.9. The molecule has 2 aliphatic carbocycles. The molecule has 0 amide bonds. The molecule has 1 aromatic carbocycles. The third kappa shape index (κ3) is 1.85. The van der Waals surface area contributed by atoms with E-state index in [4.69, 9.17) is 5.73 Å². The van der Waals surface area contributed by atoms with E-state index in [2.05, 4.69) is 31.2 Å². The van der Waals surface area contributed by atoms with Crippen molar-refractivity contribution in [2.24, 2.45) is 11.7 Å². The SMILES string of the molecule is CC1CCC(O)(C2(CN)CCCc3ccccc32)C1. The molecule has 2 aliphatic rings. The van der Waals surface area contributed by atoms with Crippen LogP contribution >= 0.6 is 0 Å². The van der Waals surface area contributed by atoms with Crippen LogP contribution in [0.25, 0.3) is 0 Å². The van der Waals surface area contributed by atoms with Gasteiger partial charge in [0.15, 0.2) is 0 Å². The molecular weight excluding hydrogens is 234 g/mol. The topological polar surface area (TPSA) is 46.2 Å². The maximum Gasteiger partial charge on any atom is 0.0758 e. The quantitative estimate of drug-likeness (QED) is 0.858. The molecule has 1 aromatic rings. The number of hydrogen-bond donors (Lipinski definition) is 2. The van der Waals surface area contributed by atoms with Gasteiger partial charge >= 0.3 is 0 Å². The van der Waals surface area contributed by atoms with E-state index in [9.17, 15) is 5.11 Å². The summed E-state index contributed by atoms with van der Waals surface area (Å²) in [5.74, 6) is 0.613. The molecule has 3 N–H and O–H groups in total. The van der Waals surface area contributed by atoms with Gasteiger partial charge in [-0.15, -0.1) is 0 Å². The van der Waals surface area contributed by atoms with E-state index < -0.39 is 5.60 Å². The maximum atomic E-state index is 11.3. The number of fused-ring (bicyclic) bond motifs is 1. The molecule has 3 rings (SSSR count). The molecule has 1 fully saturated rings. The molecule has 0 saturated heterocycles. The number of aryl methyl sites for hydroxylation is 1. The van der Waals surface area contributed by atoms with Crippen LogP contribution in [0.15, 0.2) is 24.3 Å². The Morgan fingerprint density at radius 2 is 2.11 bits per heavy atom. The Morgan fingerprint density at radius 3 is 2.79 bits per heavy atom. The van der Waals surface area contributed by atoms with Crippen molar-refractivity contribution in [2.75, 3.05) is 6.54 Å². The van der Waals surface area contributed by atoms with Gasteiger partial charge in [0.1, 0.15) is 0 Å². The first-order chi connectivity index (χ1) is 9.11. The molecule has 0 aromatic heterocycles. The number of hydrogen-bond acceptors (Lipinski definition) is 2. The van der Waals surface area contributed by atoms with Crippen molar-refractivity contribution in [3.63, 3.8) is 0 Å². The van der Waals surface area contributed by atoms with Crippen molar-refractivity contribution in [1.82, 2.24) is 0 Å². The first-order valence-electron chi connectivity index (χ1n) is 7.62. The van der Waals surface area contributed by atoms with Crippen molar-refractivity contribution in [2.45, 2.75) is 56.5 Å². The van der Waals surface area contributed by atoms with Crippen LogP contribution in [0.4, 0.5) is 0 Å². The molecule has 3 atom stereocenters. The fraction of sp³-hybridized carbons (Fsp3) is 0.647. The van der Waals surface area contributed by atoms with E-state index in [0.29, 0.717) is 12.5 Å². The fourth-order valence-corrected chi connectivity index (χ4v) is 4.51. The number of aliphatic hydroxyl groups is 1. The summed E-state index contributed by atoms with van der Waals surface area (Å²) in [6, 6.07) is 8.60. The van der Waals surface area contributed by atoms with Gasteiger partial charge in [-0.2, -0.15) is 0 Å². The second kappa shape index (κ2) is 4.60. The predicted octanol–water partition coefficient (Wildman–Crippen LogP) is 2.77. The fourth-order valence-electron chi connectivity index (χ4n) is 4.51. The van der Waals surface area contributed by atoms with Gasteiger partial charge in [0.2, 0.25) is 0 Å². The third-order valence-corrected chi connectivity index (χ3v) is 5.56. The first-order valence-corrected chi connectivity index (χ1v) is 7.62. The first kappa shape index (κ1) is 13.1. The van der Waals surface area contributed by atoms with Crippen molar-refractivity contribution in [1.29, 1.82) is 0 Å². The summed E-state index contributed by atoms with van der Waals surface area (Å²) in [4.78, 5) is 0. The lowest BCUT2D eigenvalue weighted by Gasteiger charge is -2.49. The Balaban J connectivity index is 2.10. The minimum absolute atomic E-state index is 0.216. The maximum absolute atomic E-state index is 11.3. The van der Waals surface area contributed by atoms with Crippen molar-refractivity contribution in [3.05, 3.63) is 35.4 Å². The van der Waals surface area contributed by atoms with E-state index in [1.807, 2.05) is 0 Å². The van der Waals surface area contributed by atoms with Gasteiger partial charge in [-0.3, -0.25) is 0 Å². The van der Waals surface area contributed by atoms with E-state index >= 15 is 0 Å². The zero-order chi connectivity index (χ0) is 13.5. The van der Waals surface area contributed by atoms with E-state index in [1.54, 1.807) is 0 Å². The standard InChI is InChI=1S/C17H25NO/c1-13-8-10-17(19,11-13)16(12-18)9-4-6-14-5-2-3-7-15(14)16/h2-3,5,7,13,19H,4,6,8-12,18H2,1H3. The normalized spacial score (nSPS) is 38.2. The van der Waals surface area contributed by atoms with Crippen LogP contribution in [-0.2, 0) is 11.8 Å². The summed E-state index contributed by atoms with van der Waals surface area (Å²) in [6.07, 6.45) is 6.23. The Labute approximate surface area is 116 Å². The highest BCUT2D eigenvalue weighted by molar-refractivity contribution is 5.40. The minimum Gasteiger partial charge on any atom is -0.389 e. The number of rotatable bonds is 2. The van der Waals surface area contributed by atoms with E-state index in [0.717, 1.165) is 38.5 Å². The Bertz CT molecular complexity index is 472. The summed E-state index contributed by atoms with van der Waals surface area (Å²) in [5.41, 5.74) is 8.10. The Kier molecular flexibility index (Phi) is 3.18. The lowest BCUT2D eigenvalue weighted by molar-refractivity contribution is -0.0419. The molecular formula is C17H25NO. The minimum atomic E-state index is -0.600. The number of benzene rings is 1. The van der Waals surface area contributed by atoms with E-state index in [1.165, 1.54) is 11.1 Å². The summed E-state index contributed by atoms with van der Waals surface area (Å²) in [5, 5.41) is 11.3. The summed E-state index contributed by atoms with van der Waals surface area (Å²) >= 11 is 0. The van der Waals surface area contributed by atoms with Gasteiger partial charge in [0.25, 0.3) is 0 Å². The molecule has 3 unspecified atom stereocenters. The monoisotopic (exact) mass is 259 g/mol. The summed E-state index contributed by atoms with van der Waals surface area (Å²) in [6.45, 7) is 2.81. The highest BCUT2D eigenvalue weighted by Crippen LogP contribution is 2.52. The summed E-state index contributed by atoms with van der Waals surface area (Å²) in [7, 11) is 0. The zero-order valence-electron chi connectivity index (χ0n) is 11.9. The molecule has 0 aliphatic heterocycles. The molecule has 2 nitrogen and oxygen atoms in total. The predicted molar refractivity (Wildman–Crippen MR) is 78.1 cm³/mol. The molecule has 1 saturated carbocycles. The Morgan fingerprint density at radius 1 is 1.32 bits per heavy atom. The van der Waals surface area contributed by atoms with Crippen LogP contribution in [0.1, 0.15) is 50.2 Å². The molecule has 0 bridgehead atoms. The summed E-state index contributed by atoms with van der Waals surface area (Å²) < 4.78 is 0. The molecule has 19 heavy (non-hydrogen) atoms. The van der Waals surface area contributed by atoms with Crippen LogP contribution in [0.2, 0.25) is 0 Å². The van der Waals surface area contributed by atoms with Gasteiger partial charge in [0.05, 0.1) is 5.60 Å². The largest absolute Gasteiger partial charge is 0.389 e. The molecule has 104 valence electrons. The highest BCUT2D eigenvalue weighted by atomic mass is 16.3. The third-order valence-electron chi connectivity index (χ3n) is 5.56. The Hall–Kier alpha value is -0.860. The lowest BCUT2D eigenvalue weighted by atomic mass is 9.59. The second-order valence-corrected chi connectivity index (χ2v) is 6.68. The molecule has 0 heterocycles. The van der Waals surface area contributed by atoms with Crippen LogP contribution in [0.3, 0.4) is 0 Å². The van der Waals surface area contributed by atoms with Gasteiger partial charge < -0.3 is 10.8 Å². The van der Waals surface area contributed by atoms with Crippen molar-refractivity contribution in [3.8, 4) is 0 Å². The van der Waals surface area contributed by atoms with Gasteiger partial charge in [-0.05, 0) is 55.6 Å². The molecule has 2 heteroatoms. The molecule has 0 radical (unpaired) electrons. The van der Waals surface area contributed by atoms with Gasteiger partial charge in [-0.25, -0.2) is 0 Å². The van der Waals surface area contributed by atoms with Crippen molar-refractivity contribution >= 4 is 0 Å². The van der Waals surface area contributed by atoms with Crippen LogP contribution < -0.4 is 5.73 Å². The lowest BCUT2D eigenvalue weighted by Crippen LogP contribution is -2.56. The average Bonchev–Trinajstić information content (AvgIpc) is 2.79. The smallest absolute Gasteiger partial charge is 0.0758 e.